The summed E-state index contributed by atoms with van der Waals surface area (Å²) in [6.45, 7) is 8.00. The van der Waals surface area contributed by atoms with Gasteiger partial charge in [0.1, 0.15) is 22.8 Å². The summed E-state index contributed by atoms with van der Waals surface area (Å²) in [5, 5.41) is 14.8. The number of nitrogens with zero attached hydrogens (tertiary/aromatic N) is 2. The fraction of sp³-hybridized carbons (Fsp3) is 0.235. The van der Waals surface area contributed by atoms with Gasteiger partial charge >= 0.3 is 0 Å². The second-order valence-electron chi connectivity index (χ2n) is 3.84. The van der Waals surface area contributed by atoms with E-state index in [1.807, 2.05) is 27.7 Å². The molecule has 0 spiro atoms. The normalized spacial score (nSPS) is 9.55. The number of aromatic nitrogens is 2. The van der Waals surface area contributed by atoms with Crippen molar-refractivity contribution in [1.29, 1.82) is 0 Å². The van der Waals surface area contributed by atoms with Gasteiger partial charge in [-0.05, 0) is 24.3 Å². The molecule has 3 rings (SSSR count). The molecule has 1 heterocycles. The summed E-state index contributed by atoms with van der Waals surface area (Å²) in [6, 6.07) is 9.58. The van der Waals surface area contributed by atoms with Crippen molar-refractivity contribution in [3.63, 3.8) is 0 Å². The minimum absolute atomic E-state index is 0.0638. The topological polar surface area (TPSA) is 38.1 Å². The lowest BCUT2D eigenvalue weighted by molar-refractivity contribution is 0.478. The Morgan fingerprint density at radius 3 is 2.32 bits per heavy atom. The third kappa shape index (κ3) is 3.47. The first kappa shape index (κ1) is 18.2. The van der Waals surface area contributed by atoms with Gasteiger partial charge in [-0.3, -0.25) is 0 Å². The maximum atomic E-state index is 13.8. The number of hydrogen-bond acceptors (Lipinski definition) is 2. The molecule has 0 radical (unpaired) electrons. The van der Waals surface area contributed by atoms with E-state index in [0.717, 1.165) is 9.86 Å². The van der Waals surface area contributed by atoms with Crippen LogP contribution in [0.15, 0.2) is 47.1 Å². The predicted octanol–water partition coefficient (Wildman–Crippen LogP) is 5.69. The van der Waals surface area contributed by atoms with Crippen molar-refractivity contribution in [2.45, 2.75) is 27.7 Å². The van der Waals surface area contributed by atoms with Crippen LogP contribution in [-0.4, -0.2) is 14.9 Å². The quantitative estimate of drug-likeness (QED) is 0.600. The molecule has 0 fully saturated rings. The Hall–Kier alpha value is -1.88. The van der Waals surface area contributed by atoms with E-state index in [-0.39, 0.29) is 11.6 Å². The van der Waals surface area contributed by atoms with E-state index in [9.17, 15) is 9.50 Å². The molecule has 0 amide bonds. The van der Waals surface area contributed by atoms with E-state index < -0.39 is 0 Å². The van der Waals surface area contributed by atoms with Crippen LogP contribution in [0.2, 0.25) is 0 Å². The Kier molecular flexibility index (Phi) is 7.05. The van der Waals surface area contributed by atoms with Crippen molar-refractivity contribution in [2.24, 2.45) is 0 Å². The molecule has 5 heteroatoms. The fourth-order valence-corrected chi connectivity index (χ4v) is 2.32. The average molecular weight is 367 g/mol. The number of fused-ring (bicyclic) bond motifs is 1. The van der Waals surface area contributed by atoms with Crippen molar-refractivity contribution in [3.8, 4) is 11.4 Å². The molecule has 3 nitrogen and oxygen atoms in total. The van der Waals surface area contributed by atoms with Gasteiger partial charge in [0, 0.05) is 9.86 Å². The lowest BCUT2D eigenvalue weighted by atomic mass is 10.2. The minimum Gasteiger partial charge on any atom is -0.506 e. The highest BCUT2D eigenvalue weighted by atomic mass is 79.9. The van der Waals surface area contributed by atoms with Gasteiger partial charge in [0.25, 0.3) is 0 Å². The Bertz CT molecular complexity index is 741. The summed E-state index contributed by atoms with van der Waals surface area (Å²) < 4.78 is 16.0. The van der Waals surface area contributed by atoms with Crippen LogP contribution in [0.5, 0.6) is 5.75 Å². The second-order valence-corrected chi connectivity index (χ2v) is 4.69. The minimum atomic E-state index is -0.387. The van der Waals surface area contributed by atoms with Gasteiger partial charge in [0.15, 0.2) is 0 Å². The Labute approximate surface area is 138 Å². The molecule has 1 N–H and O–H groups in total. The highest BCUT2D eigenvalue weighted by Gasteiger charge is 2.13. The Morgan fingerprint density at radius 2 is 1.68 bits per heavy atom. The zero-order valence-electron chi connectivity index (χ0n) is 13.1. The van der Waals surface area contributed by atoms with Crippen LogP contribution in [0.25, 0.3) is 16.6 Å². The van der Waals surface area contributed by atoms with Crippen molar-refractivity contribution < 1.29 is 9.50 Å². The molecule has 0 bridgehead atoms. The average Bonchev–Trinajstić information content (AvgIpc) is 3.01. The number of para-hydroxylation sites is 1. The number of halogens is 2. The molecular formula is C17H20BrFN2O. The number of phenols is 1. The third-order valence-corrected chi connectivity index (χ3v) is 3.43. The van der Waals surface area contributed by atoms with Crippen LogP contribution in [0, 0.1) is 5.82 Å². The molecule has 0 aliphatic rings. The van der Waals surface area contributed by atoms with Crippen molar-refractivity contribution in [3.05, 3.63) is 52.9 Å². The Balaban J connectivity index is 0.000000561. The number of benzene rings is 2. The first-order valence-corrected chi connectivity index (χ1v) is 8.08. The smallest absolute Gasteiger partial charge is 0.148 e. The molecule has 0 saturated heterocycles. The van der Waals surface area contributed by atoms with Crippen molar-refractivity contribution in [1.82, 2.24) is 9.78 Å². The molecule has 0 saturated carbocycles. The molecular weight excluding hydrogens is 347 g/mol. The lowest BCUT2D eigenvalue weighted by Gasteiger charge is -2.06. The van der Waals surface area contributed by atoms with E-state index in [2.05, 4.69) is 21.0 Å². The number of aromatic hydroxyl groups is 1. The zero-order chi connectivity index (χ0) is 16.7. The number of hydrogen-bond donors (Lipinski definition) is 1. The van der Waals surface area contributed by atoms with Gasteiger partial charge in [-0.25, -0.2) is 9.07 Å². The van der Waals surface area contributed by atoms with Crippen LogP contribution >= 0.6 is 15.9 Å². The van der Waals surface area contributed by atoms with E-state index in [1.165, 1.54) is 10.7 Å². The molecule has 118 valence electrons. The standard InChI is InChI=1S/C13H8BrFN2O.2C2H6/c14-9-5-6-12(18)13-8(9)7-16-17(13)11-4-2-1-3-10(11)15;2*1-2/h1-7,18H;2*1-2H3. The van der Waals surface area contributed by atoms with Crippen LogP contribution in [-0.2, 0) is 0 Å². The summed E-state index contributed by atoms with van der Waals surface area (Å²) in [7, 11) is 0. The zero-order valence-corrected chi connectivity index (χ0v) is 14.7. The maximum Gasteiger partial charge on any atom is 0.148 e. The molecule has 0 aliphatic heterocycles. The second kappa shape index (κ2) is 8.54. The highest BCUT2D eigenvalue weighted by Crippen LogP contribution is 2.32. The van der Waals surface area contributed by atoms with Crippen molar-refractivity contribution >= 4 is 26.8 Å². The molecule has 3 aromatic rings. The summed E-state index contributed by atoms with van der Waals surface area (Å²) in [4.78, 5) is 0. The number of rotatable bonds is 1. The van der Waals surface area contributed by atoms with Crippen LogP contribution in [0.1, 0.15) is 27.7 Å². The molecule has 0 aliphatic carbocycles. The Morgan fingerprint density at radius 1 is 1.05 bits per heavy atom. The van der Waals surface area contributed by atoms with E-state index >= 15 is 0 Å². The maximum absolute atomic E-state index is 13.8. The predicted molar refractivity (Wildman–Crippen MR) is 93.1 cm³/mol. The van der Waals surface area contributed by atoms with Gasteiger partial charge < -0.3 is 5.11 Å². The molecule has 0 unspecified atom stereocenters. The van der Waals surface area contributed by atoms with Crippen molar-refractivity contribution in [2.75, 3.05) is 0 Å². The molecule has 2 aromatic carbocycles. The van der Waals surface area contributed by atoms with Gasteiger partial charge in [0.05, 0.1) is 6.20 Å². The first-order valence-electron chi connectivity index (χ1n) is 7.28. The molecule has 1 aromatic heterocycles. The summed E-state index contributed by atoms with van der Waals surface area (Å²) >= 11 is 3.38. The molecule has 22 heavy (non-hydrogen) atoms. The number of phenolic OH excluding ortho intramolecular Hbond substituents is 1. The highest BCUT2D eigenvalue weighted by molar-refractivity contribution is 9.10. The van der Waals surface area contributed by atoms with Crippen LogP contribution in [0.4, 0.5) is 4.39 Å². The molecule has 0 atom stereocenters. The van der Waals surface area contributed by atoms with E-state index in [0.29, 0.717) is 11.2 Å². The van der Waals surface area contributed by atoms with Crippen LogP contribution < -0.4 is 0 Å². The SMILES string of the molecule is CC.CC.Oc1ccc(Br)c2cnn(-c3ccccc3F)c12. The van der Waals surface area contributed by atoms with Gasteiger partial charge in [-0.1, -0.05) is 55.8 Å². The van der Waals surface area contributed by atoms with Gasteiger partial charge in [-0.2, -0.15) is 5.10 Å². The van der Waals surface area contributed by atoms with E-state index in [4.69, 9.17) is 0 Å². The third-order valence-electron chi connectivity index (χ3n) is 2.74. The van der Waals surface area contributed by atoms with E-state index in [1.54, 1.807) is 36.5 Å². The van der Waals surface area contributed by atoms with Gasteiger partial charge in [0.2, 0.25) is 0 Å². The largest absolute Gasteiger partial charge is 0.506 e. The lowest BCUT2D eigenvalue weighted by Crippen LogP contribution is -1.99. The fourth-order valence-electron chi connectivity index (χ4n) is 1.90. The summed E-state index contributed by atoms with van der Waals surface area (Å²) in [5.74, 6) is -0.323. The van der Waals surface area contributed by atoms with Gasteiger partial charge in [-0.15, -0.1) is 0 Å². The summed E-state index contributed by atoms with van der Waals surface area (Å²) in [5.41, 5.74) is 0.787. The van der Waals surface area contributed by atoms with Crippen LogP contribution in [0.3, 0.4) is 0 Å². The first-order chi connectivity index (χ1) is 10.7. The summed E-state index contributed by atoms with van der Waals surface area (Å²) in [6.07, 6.45) is 1.59. The monoisotopic (exact) mass is 366 g/mol.